The maximum Gasteiger partial charge on any atom is 0.303 e. The van der Waals surface area contributed by atoms with E-state index in [2.05, 4.69) is 22.2 Å². The number of carbonyl (C=O) groups is 1. The molecule has 2 N–H and O–H groups in total. The largest absolute Gasteiger partial charge is 0.481 e. The van der Waals surface area contributed by atoms with E-state index < -0.39 is 21.7 Å². The summed E-state index contributed by atoms with van der Waals surface area (Å²) in [6.45, 7) is 0.824. The molecule has 1 unspecified atom stereocenters. The van der Waals surface area contributed by atoms with E-state index >= 15 is 0 Å². The van der Waals surface area contributed by atoms with Gasteiger partial charge in [-0.3, -0.25) is 9.79 Å². The summed E-state index contributed by atoms with van der Waals surface area (Å²) in [7, 11) is -3.69. The van der Waals surface area contributed by atoms with Crippen LogP contribution in [0.15, 0.2) is 88.8 Å². The van der Waals surface area contributed by atoms with Gasteiger partial charge < -0.3 is 10.4 Å². The van der Waals surface area contributed by atoms with Crippen LogP contribution in [-0.2, 0) is 14.6 Å². The van der Waals surface area contributed by atoms with Crippen LogP contribution in [0.3, 0.4) is 0 Å². The van der Waals surface area contributed by atoms with Gasteiger partial charge in [0.2, 0.25) is 0 Å². The van der Waals surface area contributed by atoms with Gasteiger partial charge in [0.15, 0.2) is 15.0 Å². The van der Waals surface area contributed by atoms with Crippen LogP contribution in [0.1, 0.15) is 29.0 Å². The van der Waals surface area contributed by atoms with Gasteiger partial charge in [0, 0.05) is 28.5 Å². The molecule has 0 saturated heterocycles. The standard InChI is InChI=1S/C27H24N2O4S2/c30-26(31)18-23(22-6-2-1-3-7-22)19-35(32,33)25-13-11-20(12-14-25)9-10-21-5-4-8-24(17-21)29-27-28-15-16-34-27/h1-8,11-14,17,23H,15-16,18-19H2,(H,28,29)(H,30,31). The molecule has 1 atom stereocenters. The molecule has 0 saturated carbocycles. The summed E-state index contributed by atoms with van der Waals surface area (Å²) in [5, 5.41) is 13.5. The maximum absolute atomic E-state index is 13.0. The van der Waals surface area contributed by atoms with E-state index in [1.165, 1.54) is 12.1 Å². The predicted octanol–water partition coefficient (Wildman–Crippen LogP) is 4.63. The molecule has 0 aromatic heterocycles. The first-order chi connectivity index (χ1) is 16.9. The Morgan fingerprint density at radius 2 is 1.74 bits per heavy atom. The fraction of sp³-hybridized carbons (Fsp3) is 0.185. The minimum Gasteiger partial charge on any atom is -0.481 e. The quantitative estimate of drug-likeness (QED) is 0.456. The fourth-order valence-corrected chi connectivity index (χ4v) is 6.00. The minimum atomic E-state index is -3.69. The van der Waals surface area contributed by atoms with Crippen molar-refractivity contribution in [2.75, 3.05) is 23.4 Å². The molecule has 0 radical (unpaired) electrons. The van der Waals surface area contributed by atoms with E-state index in [0.29, 0.717) is 11.1 Å². The summed E-state index contributed by atoms with van der Waals surface area (Å²) in [4.78, 5) is 15.9. The molecule has 0 aliphatic carbocycles. The van der Waals surface area contributed by atoms with Gasteiger partial charge in [-0.15, -0.1) is 0 Å². The van der Waals surface area contributed by atoms with Crippen molar-refractivity contribution in [3.05, 3.63) is 95.6 Å². The summed E-state index contributed by atoms with van der Waals surface area (Å²) in [6.07, 6.45) is -0.257. The van der Waals surface area contributed by atoms with Crippen molar-refractivity contribution in [3.8, 4) is 11.8 Å². The lowest BCUT2D eigenvalue weighted by molar-refractivity contribution is -0.137. The highest BCUT2D eigenvalue weighted by Gasteiger charge is 2.24. The minimum absolute atomic E-state index is 0.149. The van der Waals surface area contributed by atoms with E-state index in [0.717, 1.165) is 28.7 Å². The lowest BCUT2D eigenvalue weighted by Crippen LogP contribution is -2.18. The normalized spacial score (nSPS) is 13.9. The SMILES string of the molecule is O=C(O)CC(CS(=O)(=O)c1ccc(C#Cc2cccc(NC3=NCCS3)c2)cc1)c1ccccc1. The fourth-order valence-electron chi connectivity index (χ4n) is 3.67. The van der Waals surface area contributed by atoms with Gasteiger partial charge in [0.05, 0.1) is 23.6 Å². The summed E-state index contributed by atoms with van der Waals surface area (Å²) in [5.74, 6) is 5.22. The Morgan fingerprint density at radius 1 is 1.00 bits per heavy atom. The van der Waals surface area contributed by atoms with E-state index in [1.54, 1.807) is 48.2 Å². The zero-order chi connectivity index (χ0) is 24.7. The second-order valence-corrected chi connectivity index (χ2v) is 11.1. The Kier molecular flexibility index (Phi) is 7.91. The van der Waals surface area contributed by atoms with Crippen LogP contribution in [-0.4, -0.2) is 42.7 Å². The number of rotatable bonds is 7. The molecular weight excluding hydrogens is 480 g/mol. The Labute approximate surface area is 209 Å². The van der Waals surface area contributed by atoms with Crippen molar-refractivity contribution < 1.29 is 18.3 Å². The zero-order valence-corrected chi connectivity index (χ0v) is 20.5. The first-order valence-corrected chi connectivity index (χ1v) is 13.7. The molecule has 35 heavy (non-hydrogen) atoms. The van der Waals surface area contributed by atoms with Crippen LogP contribution in [0.25, 0.3) is 0 Å². The molecule has 3 aromatic rings. The molecule has 8 heteroatoms. The molecular formula is C27H24N2O4S2. The first kappa shape index (κ1) is 24.6. The Balaban J connectivity index is 1.47. The molecule has 0 spiro atoms. The molecule has 0 fully saturated rings. The molecule has 178 valence electrons. The third-order valence-electron chi connectivity index (χ3n) is 5.38. The third-order valence-corrected chi connectivity index (χ3v) is 8.10. The highest BCUT2D eigenvalue weighted by atomic mass is 32.2. The number of amidine groups is 1. The van der Waals surface area contributed by atoms with Crippen LogP contribution in [0.2, 0.25) is 0 Å². The molecule has 0 bridgehead atoms. The number of aliphatic carboxylic acids is 1. The molecule has 1 aliphatic rings. The molecule has 4 rings (SSSR count). The molecule has 3 aromatic carbocycles. The number of carboxylic acid groups (broad SMARTS) is 1. The van der Waals surface area contributed by atoms with Crippen molar-refractivity contribution in [1.29, 1.82) is 0 Å². The Morgan fingerprint density at radius 3 is 2.43 bits per heavy atom. The van der Waals surface area contributed by atoms with Crippen LogP contribution in [0.4, 0.5) is 5.69 Å². The van der Waals surface area contributed by atoms with E-state index in [1.807, 2.05) is 30.3 Å². The number of benzene rings is 3. The average molecular weight is 505 g/mol. The van der Waals surface area contributed by atoms with Crippen LogP contribution in [0.5, 0.6) is 0 Å². The molecule has 1 heterocycles. The van der Waals surface area contributed by atoms with Gasteiger partial charge >= 0.3 is 5.97 Å². The van der Waals surface area contributed by atoms with E-state index in [-0.39, 0.29) is 17.1 Å². The summed E-state index contributed by atoms with van der Waals surface area (Å²) in [6, 6.07) is 23.0. The molecule has 6 nitrogen and oxygen atoms in total. The smallest absolute Gasteiger partial charge is 0.303 e. The number of hydrogen-bond donors (Lipinski definition) is 2. The average Bonchev–Trinajstić information content (AvgIpc) is 3.36. The van der Waals surface area contributed by atoms with Crippen molar-refractivity contribution in [1.82, 2.24) is 0 Å². The number of aliphatic imine (C=N–C) groups is 1. The molecule has 0 amide bonds. The van der Waals surface area contributed by atoms with Crippen molar-refractivity contribution in [2.45, 2.75) is 17.2 Å². The van der Waals surface area contributed by atoms with Gasteiger partial charge in [-0.05, 0) is 48.0 Å². The number of thioether (sulfide) groups is 1. The number of carboxylic acids is 1. The van der Waals surface area contributed by atoms with Gasteiger partial charge in [-0.25, -0.2) is 8.42 Å². The second-order valence-electron chi connectivity index (χ2n) is 8.00. The third kappa shape index (κ3) is 6.98. The molecule has 1 aliphatic heterocycles. The topological polar surface area (TPSA) is 95.8 Å². The monoisotopic (exact) mass is 504 g/mol. The van der Waals surface area contributed by atoms with Gasteiger partial charge in [0.1, 0.15) is 0 Å². The van der Waals surface area contributed by atoms with Crippen molar-refractivity contribution in [3.63, 3.8) is 0 Å². The van der Waals surface area contributed by atoms with Crippen molar-refractivity contribution in [2.24, 2.45) is 4.99 Å². The maximum atomic E-state index is 13.0. The van der Waals surface area contributed by atoms with Gasteiger partial charge in [0.25, 0.3) is 0 Å². The zero-order valence-electron chi connectivity index (χ0n) is 18.8. The van der Waals surface area contributed by atoms with Crippen LogP contribution >= 0.6 is 11.8 Å². The van der Waals surface area contributed by atoms with Crippen molar-refractivity contribution >= 4 is 38.4 Å². The number of anilines is 1. The Bertz CT molecular complexity index is 1390. The number of nitrogens with one attached hydrogen (secondary N) is 1. The summed E-state index contributed by atoms with van der Waals surface area (Å²) < 4.78 is 26.0. The lowest BCUT2D eigenvalue weighted by atomic mass is 9.98. The highest BCUT2D eigenvalue weighted by Crippen LogP contribution is 2.25. The Hall–Kier alpha value is -3.54. The number of nitrogens with zero attached hydrogens (tertiary/aromatic N) is 1. The van der Waals surface area contributed by atoms with Crippen LogP contribution in [0, 0.1) is 11.8 Å². The summed E-state index contributed by atoms with van der Waals surface area (Å²) >= 11 is 1.69. The number of hydrogen-bond acceptors (Lipinski definition) is 6. The lowest BCUT2D eigenvalue weighted by Gasteiger charge is -2.15. The second kappa shape index (κ2) is 11.3. The summed E-state index contributed by atoms with van der Waals surface area (Å²) in [5.41, 5.74) is 3.12. The van der Waals surface area contributed by atoms with E-state index in [4.69, 9.17) is 0 Å². The van der Waals surface area contributed by atoms with E-state index in [9.17, 15) is 18.3 Å². The van der Waals surface area contributed by atoms with Gasteiger partial charge in [-0.2, -0.15) is 0 Å². The highest BCUT2D eigenvalue weighted by molar-refractivity contribution is 8.14. The van der Waals surface area contributed by atoms with Gasteiger partial charge in [-0.1, -0.05) is 60.0 Å². The number of sulfone groups is 1. The predicted molar refractivity (Wildman–Crippen MR) is 141 cm³/mol. The van der Waals surface area contributed by atoms with Crippen LogP contribution < -0.4 is 5.32 Å². The first-order valence-electron chi connectivity index (χ1n) is 11.0.